The number of hydrogen-bond donors (Lipinski definition) is 1. The van der Waals surface area contributed by atoms with Crippen LogP contribution >= 0.6 is 0 Å². The monoisotopic (exact) mass is 253 g/mol. The molecule has 2 nitrogen and oxygen atoms in total. The predicted molar refractivity (Wildman–Crippen MR) is 76.8 cm³/mol. The standard InChI is InChI=1S/C16H31NO/c1-13(15(2,3)4)17-12-14-8-11-16(18-14)9-6-5-7-10-16/h13-14,17H,5-12H2,1-4H3. The lowest BCUT2D eigenvalue weighted by molar-refractivity contribution is -0.0635. The number of nitrogens with one attached hydrogen (secondary N) is 1. The van der Waals surface area contributed by atoms with Crippen LogP contribution in [0.4, 0.5) is 0 Å². The van der Waals surface area contributed by atoms with E-state index in [0.29, 0.717) is 17.6 Å². The van der Waals surface area contributed by atoms with Crippen LogP contribution in [-0.4, -0.2) is 24.3 Å². The zero-order valence-corrected chi connectivity index (χ0v) is 12.7. The molecule has 0 bridgehead atoms. The van der Waals surface area contributed by atoms with Crippen LogP contribution in [0.2, 0.25) is 0 Å². The minimum absolute atomic E-state index is 0.273. The molecule has 0 aromatic rings. The first-order valence-corrected chi connectivity index (χ1v) is 7.83. The summed E-state index contributed by atoms with van der Waals surface area (Å²) < 4.78 is 6.39. The smallest absolute Gasteiger partial charge is 0.0708 e. The van der Waals surface area contributed by atoms with E-state index in [1.54, 1.807) is 0 Å². The molecule has 2 rings (SSSR count). The van der Waals surface area contributed by atoms with Gasteiger partial charge in [-0.25, -0.2) is 0 Å². The number of hydrogen-bond acceptors (Lipinski definition) is 2. The molecule has 1 heterocycles. The summed E-state index contributed by atoms with van der Waals surface area (Å²) in [5.74, 6) is 0. The minimum atomic E-state index is 0.273. The number of ether oxygens (including phenoxy) is 1. The second-order valence-electron chi connectivity index (χ2n) is 7.52. The van der Waals surface area contributed by atoms with Crippen molar-refractivity contribution in [3.8, 4) is 0 Å². The minimum Gasteiger partial charge on any atom is -0.370 e. The topological polar surface area (TPSA) is 21.3 Å². The van der Waals surface area contributed by atoms with Crippen molar-refractivity contribution in [1.82, 2.24) is 5.32 Å². The molecule has 0 radical (unpaired) electrons. The molecule has 2 atom stereocenters. The van der Waals surface area contributed by atoms with Gasteiger partial charge in [0, 0.05) is 12.6 Å². The van der Waals surface area contributed by atoms with E-state index in [-0.39, 0.29) is 5.60 Å². The molecule has 1 N–H and O–H groups in total. The normalized spacial score (nSPS) is 29.7. The summed E-state index contributed by atoms with van der Waals surface area (Å²) in [5, 5.41) is 3.66. The van der Waals surface area contributed by atoms with Crippen molar-refractivity contribution in [1.29, 1.82) is 0 Å². The van der Waals surface area contributed by atoms with Crippen molar-refractivity contribution in [2.75, 3.05) is 6.54 Å². The van der Waals surface area contributed by atoms with Gasteiger partial charge >= 0.3 is 0 Å². The lowest BCUT2D eigenvalue weighted by Gasteiger charge is -2.34. The molecule has 1 spiro atoms. The van der Waals surface area contributed by atoms with Gasteiger partial charge in [0.15, 0.2) is 0 Å². The summed E-state index contributed by atoms with van der Waals surface area (Å²) in [4.78, 5) is 0. The van der Waals surface area contributed by atoms with Crippen molar-refractivity contribution in [2.24, 2.45) is 5.41 Å². The molecule has 106 valence electrons. The molecule has 2 aliphatic rings. The van der Waals surface area contributed by atoms with Gasteiger partial charge in [-0.15, -0.1) is 0 Å². The van der Waals surface area contributed by atoms with Crippen molar-refractivity contribution in [3.63, 3.8) is 0 Å². The second kappa shape index (κ2) is 5.50. The Morgan fingerprint density at radius 3 is 2.44 bits per heavy atom. The summed E-state index contributed by atoms with van der Waals surface area (Å²) >= 11 is 0. The Morgan fingerprint density at radius 1 is 1.17 bits per heavy atom. The Bertz CT molecular complexity index is 263. The zero-order valence-electron chi connectivity index (χ0n) is 12.7. The van der Waals surface area contributed by atoms with Crippen LogP contribution in [0.15, 0.2) is 0 Å². The maximum absolute atomic E-state index is 6.39. The average Bonchev–Trinajstić information content (AvgIpc) is 2.69. The highest BCUT2D eigenvalue weighted by Gasteiger charge is 2.40. The Labute approximate surface area is 113 Å². The summed E-state index contributed by atoms with van der Waals surface area (Å²) in [6.07, 6.45) is 9.77. The van der Waals surface area contributed by atoms with Crippen LogP contribution < -0.4 is 5.32 Å². The SMILES string of the molecule is CC(NCC1CCC2(CCCCC2)O1)C(C)(C)C. The van der Waals surface area contributed by atoms with Crippen molar-refractivity contribution < 1.29 is 4.74 Å². The zero-order chi connectivity index (χ0) is 13.2. The molecule has 1 aliphatic carbocycles. The van der Waals surface area contributed by atoms with Gasteiger partial charge < -0.3 is 10.1 Å². The Hall–Kier alpha value is -0.0800. The maximum Gasteiger partial charge on any atom is 0.0708 e. The van der Waals surface area contributed by atoms with Crippen LogP contribution in [0, 0.1) is 5.41 Å². The van der Waals surface area contributed by atoms with E-state index >= 15 is 0 Å². The van der Waals surface area contributed by atoms with Crippen LogP contribution in [0.25, 0.3) is 0 Å². The van der Waals surface area contributed by atoms with Gasteiger partial charge in [0.1, 0.15) is 0 Å². The third kappa shape index (κ3) is 3.48. The summed E-state index contributed by atoms with van der Waals surface area (Å²) in [5.41, 5.74) is 0.608. The quantitative estimate of drug-likeness (QED) is 0.824. The van der Waals surface area contributed by atoms with E-state index < -0.39 is 0 Å². The van der Waals surface area contributed by atoms with E-state index in [4.69, 9.17) is 4.74 Å². The van der Waals surface area contributed by atoms with Crippen molar-refractivity contribution in [2.45, 2.75) is 90.4 Å². The lowest BCUT2D eigenvalue weighted by atomic mass is 9.83. The molecular formula is C16H31NO. The van der Waals surface area contributed by atoms with Crippen LogP contribution in [0.5, 0.6) is 0 Å². The van der Waals surface area contributed by atoms with Gasteiger partial charge in [-0.1, -0.05) is 40.0 Å². The third-order valence-electron chi connectivity index (χ3n) is 5.05. The Kier molecular flexibility index (Phi) is 4.38. The Balaban J connectivity index is 1.76. The molecule has 0 aromatic carbocycles. The van der Waals surface area contributed by atoms with Crippen LogP contribution in [0.1, 0.15) is 72.6 Å². The summed E-state index contributed by atoms with van der Waals surface area (Å²) in [6, 6.07) is 0.545. The van der Waals surface area contributed by atoms with Gasteiger partial charge in [0.25, 0.3) is 0 Å². The second-order valence-corrected chi connectivity index (χ2v) is 7.52. The Morgan fingerprint density at radius 2 is 1.83 bits per heavy atom. The first kappa shape index (κ1) is 14.3. The molecule has 0 aromatic heterocycles. The van der Waals surface area contributed by atoms with E-state index in [1.807, 2.05) is 0 Å². The van der Waals surface area contributed by atoms with Gasteiger partial charge in [-0.05, 0) is 38.0 Å². The van der Waals surface area contributed by atoms with E-state index in [0.717, 1.165) is 6.54 Å². The van der Waals surface area contributed by atoms with Gasteiger partial charge in [-0.2, -0.15) is 0 Å². The molecule has 0 amide bonds. The van der Waals surface area contributed by atoms with Crippen LogP contribution in [-0.2, 0) is 4.74 Å². The van der Waals surface area contributed by atoms with Gasteiger partial charge in [0.05, 0.1) is 11.7 Å². The fourth-order valence-electron chi connectivity index (χ4n) is 3.22. The average molecular weight is 253 g/mol. The van der Waals surface area contributed by atoms with Crippen LogP contribution in [0.3, 0.4) is 0 Å². The molecule has 1 saturated carbocycles. The van der Waals surface area contributed by atoms with Crippen molar-refractivity contribution in [3.05, 3.63) is 0 Å². The molecule has 18 heavy (non-hydrogen) atoms. The lowest BCUT2D eigenvalue weighted by Crippen LogP contribution is -2.42. The first-order valence-electron chi connectivity index (χ1n) is 7.83. The summed E-state index contributed by atoms with van der Waals surface area (Å²) in [7, 11) is 0. The molecule has 1 saturated heterocycles. The van der Waals surface area contributed by atoms with Crippen molar-refractivity contribution >= 4 is 0 Å². The number of rotatable bonds is 3. The maximum atomic E-state index is 6.39. The first-order chi connectivity index (χ1) is 8.41. The van der Waals surface area contributed by atoms with E-state index in [1.165, 1.54) is 44.9 Å². The fourth-order valence-corrected chi connectivity index (χ4v) is 3.22. The molecule has 2 fully saturated rings. The van der Waals surface area contributed by atoms with E-state index in [9.17, 15) is 0 Å². The molecular weight excluding hydrogens is 222 g/mol. The largest absolute Gasteiger partial charge is 0.370 e. The fraction of sp³-hybridized carbons (Fsp3) is 1.00. The summed E-state index contributed by atoms with van der Waals surface area (Å²) in [6.45, 7) is 10.2. The molecule has 2 heteroatoms. The highest BCUT2D eigenvalue weighted by atomic mass is 16.5. The van der Waals surface area contributed by atoms with Gasteiger partial charge in [0.2, 0.25) is 0 Å². The third-order valence-corrected chi connectivity index (χ3v) is 5.05. The molecule has 1 aliphatic heterocycles. The van der Waals surface area contributed by atoms with E-state index in [2.05, 4.69) is 33.0 Å². The molecule has 2 unspecified atom stereocenters. The predicted octanol–water partition coefficient (Wildman–Crippen LogP) is 3.89. The highest BCUT2D eigenvalue weighted by molar-refractivity contribution is 4.92. The van der Waals surface area contributed by atoms with Gasteiger partial charge in [-0.3, -0.25) is 0 Å². The highest BCUT2D eigenvalue weighted by Crippen LogP contribution is 2.41.